The molecule has 7 heteroatoms. The summed E-state index contributed by atoms with van der Waals surface area (Å²) in [6.07, 6.45) is 1.69. The first-order valence-corrected chi connectivity index (χ1v) is 5.62. The molecule has 0 aromatic carbocycles. The molecule has 2 N–H and O–H groups in total. The Kier molecular flexibility index (Phi) is 2.83. The van der Waals surface area contributed by atoms with Gasteiger partial charge in [-0.1, -0.05) is 11.3 Å². The van der Waals surface area contributed by atoms with Crippen molar-refractivity contribution < 1.29 is 4.42 Å². The van der Waals surface area contributed by atoms with Crippen molar-refractivity contribution in [3.05, 3.63) is 21.8 Å². The molecule has 80 valence electrons. The first kappa shape index (κ1) is 10.3. The van der Waals surface area contributed by atoms with E-state index in [0.717, 1.165) is 10.9 Å². The van der Waals surface area contributed by atoms with Gasteiger partial charge in [-0.3, -0.25) is 5.10 Å². The van der Waals surface area contributed by atoms with E-state index in [2.05, 4.69) is 20.5 Å². The first-order valence-electron chi connectivity index (χ1n) is 4.39. The number of anilines is 1. The Balaban J connectivity index is 2.10. The molecule has 0 saturated carbocycles. The topological polar surface area (TPSA) is 66.7 Å². The van der Waals surface area contributed by atoms with E-state index in [1.54, 1.807) is 6.20 Å². The molecule has 1 unspecified atom stereocenters. The Morgan fingerprint density at radius 3 is 3.00 bits per heavy atom. The summed E-state index contributed by atoms with van der Waals surface area (Å²) in [5, 5.41) is 10.6. The van der Waals surface area contributed by atoms with Gasteiger partial charge in [-0.05, 0) is 26.1 Å². The molecule has 2 aromatic heterocycles. The maximum atomic E-state index is 5.39. The molecule has 0 saturated heterocycles. The fourth-order valence-electron chi connectivity index (χ4n) is 1.11. The quantitative estimate of drug-likeness (QED) is 0.810. The molecule has 0 spiro atoms. The highest BCUT2D eigenvalue weighted by atomic mass is 32.1. The zero-order chi connectivity index (χ0) is 10.8. The van der Waals surface area contributed by atoms with Gasteiger partial charge in [-0.25, -0.2) is 4.98 Å². The Morgan fingerprint density at radius 1 is 1.67 bits per heavy atom. The van der Waals surface area contributed by atoms with Crippen molar-refractivity contribution in [3.63, 3.8) is 0 Å². The van der Waals surface area contributed by atoms with E-state index < -0.39 is 0 Å². The van der Waals surface area contributed by atoms with Crippen LogP contribution in [-0.2, 0) is 0 Å². The molecule has 15 heavy (non-hydrogen) atoms. The number of rotatable bonds is 3. The van der Waals surface area contributed by atoms with Crippen LogP contribution in [0, 0.1) is 10.9 Å². The lowest BCUT2D eigenvalue weighted by atomic mass is 10.3. The number of H-pyrrole nitrogens is 1. The van der Waals surface area contributed by atoms with Gasteiger partial charge < -0.3 is 9.73 Å². The molecule has 5 nitrogen and oxygen atoms in total. The van der Waals surface area contributed by atoms with Crippen LogP contribution in [0.5, 0.6) is 0 Å². The van der Waals surface area contributed by atoms with E-state index in [-0.39, 0.29) is 6.04 Å². The van der Waals surface area contributed by atoms with Crippen LogP contribution in [0.3, 0.4) is 0 Å². The number of hydrogen-bond donors (Lipinski definition) is 2. The lowest BCUT2D eigenvalue weighted by Gasteiger charge is -2.07. The summed E-state index contributed by atoms with van der Waals surface area (Å²) in [6, 6.07) is -0.0207. The maximum Gasteiger partial charge on any atom is 0.216 e. The second-order valence-electron chi connectivity index (χ2n) is 3.09. The van der Waals surface area contributed by atoms with Crippen molar-refractivity contribution in [1.82, 2.24) is 15.2 Å². The van der Waals surface area contributed by atoms with Crippen molar-refractivity contribution in [2.45, 2.75) is 19.9 Å². The van der Waals surface area contributed by atoms with Gasteiger partial charge in [0.2, 0.25) is 11.0 Å². The molecule has 2 heterocycles. The Bertz CT molecular complexity index is 500. The van der Waals surface area contributed by atoms with E-state index in [1.165, 1.54) is 11.3 Å². The molecule has 0 fully saturated rings. The van der Waals surface area contributed by atoms with Gasteiger partial charge in [0.15, 0.2) is 3.95 Å². The highest BCUT2D eigenvalue weighted by molar-refractivity contribution is 7.73. The first-order chi connectivity index (χ1) is 7.15. The predicted octanol–water partition coefficient (Wildman–Crippen LogP) is 2.67. The van der Waals surface area contributed by atoms with Crippen LogP contribution in [0.15, 0.2) is 10.6 Å². The van der Waals surface area contributed by atoms with Crippen LogP contribution in [0.1, 0.15) is 24.6 Å². The number of hydrogen-bond acceptors (Lipinski definition) is 6. The smallest absolute Gasteiger partial charge is 0.216 e. The van der Waals surface area contributed by atoms with Crippen molar-refractivity contribution in [2.24, 2.45) is 0 Å². The van der Waals surface area contributed by atoms with Gasteiger partial charge in [0.25, 0.3) is 0 Å². The molecule has 0 aliphatic rings. The van der Waals surface area contributed by atoms with Crippen molar-refractivity contribution >= 4 is 28.7 Å². The fraction of sp³-hybridized carbons (Fsp3) is 0.375. The van der Waals surface area contributed by atoms with Gasteiger partial charge in [-0.15, -0.1) is 5.10 Å². The third kappa shape index (κ3) is 2.42. The summed E-state index contributed by atoms with van der Waals surface area (Å²) in [5.74, 6) is 1.45. The Hall–Kier alpha value is -1.21. The minimum absolute atomic E-state index is 0.0207. The highest BCUT2D eigenvalue weighted by Gasteiger charge is 2.12. The molecule has 0 aliphatic heterocycles. The molecule has 0 amide bonds. The highest BCUT2D eigenvalue weighted by Crippen LogP contribution is 2.20. The summed E-state index contributed by atoms with van der Waals surface area (Å²) in [6.45, 7) is 3.82. The van der Waals surface area contributed by atoms with Gasteiger partial charge >= 0.3 is 0 Å². The summed E-state index contributed by atoms with van der Waals surface area (Å²) in [5.41, 5.74) is 0. The van der Waals surface area contributed by atoms with Crippen LogP contribution in [0.25, 0.3) is 0 Å². The maximum absolute atomic E-state index is 5.39. The van der Waals surface area contributed by atoms with E-state index >= 15 is 0 Å². The van der Waals surface area contributed by atoms with Crippen LogP contribution in [0.4, 0.5) is 5.13 Å². The number of aromatic amines is 1. The molecule has 0 radical (unpaired) electrons. The molecule has 0 aliphatic carbocycles. The second kappa shape index (κ2) is 4.11. The third-order valence-electron chi connectivity index (χ3n) is 1.79. The van der Waals surface area contributed by atoms with Crippen LogP contribution in [0.2, 0.25) is 0 Å². The molecule has 1 atom stereocenters. The normalized spacial score (nSPS) is 12.7. The number of aryl methyl sites for hydroxylation is 1. The third-order valence-corrected chi connectivity index (χ3v) is 2.81. The van der Waals surface area contributed by atoms with Crippen molar-refractivity contribution in [1.29, 1.82) is 0 Å². The number of aromatic nitrogens is 3. The largest absolute Gasteiger partial charge is 0.444 e. The van der Waals surface area contributed by atoms with Gasteiger partial charge in [0, 0.05) is 0 Å². The molecular weight excluding hydrogens is 232 g/mol. The van der Waals surface area contributed by atoms with Gasteiger partial charge in [0.1, 0.15) is 11.8 Å². The van der Waals surface area contributed by atoms with Gasteiger partial charge in [-0.2, -0.15) is 0 Å². The second-order valence-corrected chi connectivity index (χ2v) is 4.76. The number of oxazole rings is 1. The molecule has 2 aromatic rings. The Morgan fingerprint density at radius 2 is 2.47 bits per heavy atom. The lowest BCUT2D eigenvalue weighted by Crippen LogP contribution is -2.06. The van der Waals surface area contributed by atoms with Crippen LogP contribution in [-0.4, -0.2) is 15.2 Å². The Labute approximate surface area is 95.6 Å². The number of nitrogens with zero attached hydrogens (tertiary/aromatic N) is 2. The SMILES string of the molecule is Cc1cnc(C(C)Nc2n[nH]c(=S)s2)o1. The van der Waals surface area contributed by atoms with Gasteiger partial charge in [0.05, 0.1) is 6.20 Å². The molecular formula is C8H10N4OS2. The summed E-state index contributed by atoms with van der Waals surface area (Å²) < 4.78 is 6.04. The van der Waals surface area contributed by atoms with E-state index in [4.69, 9.17) is 16.6 Å². The van der Waals surface area contributed by atoms with Crippen LogP contribution >= 0.6 is 23.6 Å². The minimum atomic E-state index is -0.0207. The lowest BCUT2D eigenvalue weighted by molar-refractivity contribution is 0.453. The molecule has 0 bridgehead atoms. The van der Waals surface area contributed by atoms with E-state index in [0.29, 0.717) is 9.85 Å². The average molecular weight is 242 g/mol. The zero-order valence-corrected chi connectivity index (χ0v) is 9.91. The standard InChI is InChI=1S/C8H10N4OS2/c1-4-3-9-6(13-4)5(2)10-7-11-12-8(14)15-7/h3,5H,1-2H3,(H,10,11)(H,12,14). The average Bonchev–Trinajstić information content (AvgIpc) is 2.75. The predicted molar refractivity (Wildman–Crippen MR) is 60.6 cm³/mol. The summed E-state index contributed by atoms with van der Waals surface area (Å²) in [4.78, 5) is 4.13. The molecule has 2 rings (SSSR count). The monoisotopic (exact) mass is 242 g/mol. The van der Waals surface area contributed by atoms with Crippen molar-refractivity contribution in [2.75, 3.05) is 5.32 Å². The van der Waals surface area contributed by atoms with E-state index in [1.807, 2.05) is 13.8 Å². The fourth-order valence-corrected chi connectivity index (χ4v) is 1.99. The number of nitrogens with one attached hydrogen (secondary N) is 2. The summed E-state index contributed by atoms with van der Waals surface area (Å²) in [7, 11) is 0. The van der Waals surface area contributed by atoms with Crippen LogP contribution < -0.4 is 5.32 Å². The minimum Gasteiger partial charge on any atom is -0.444 e. The zero-order valence-electron chi connectivity index (χ0n) is 8.27. The van der Waals surface area contributed by atoms with E-state index in [9.17, 15) is 0 Å². The van der Waals surface area contributed by atoms with Crippen molar-refractivity contribution in [3.8, 4) is 0 Å². The summed E-state index contributed by atoms with van der Waals surface area (Å²) >= 11 is 6.31.